The van der Waals surface area contributed by atoms with E-state index in [0.29, 0.717) is 17.8 Å². The van der Waals surface area contributed by atoms with E-state index in [4.69, 9.17) is 5.73 Å². The number of fused-ring (bicyclic) bond motifs is 1. The first-order valence-corrected chi connectivity index (χ1v) is 7.56. The second-order valence-electron chi connectivity index (χ2n) is 4.81. The highest BCUT2D eigenvalue weighted by atomic mass is 32.2. The first-order chi connectivity index (χ1) is 9.68. The summed E-state index contributed by atoms with van der Waals surface area (Å²) in [6.07, 6.45) is 0. The van der Waals surface area contributed by atoms with Crippen molar-refractivity contribution >= 4 is 29.0 Å². The number of anilines is 2. The number of hydrogen-bond acceptors (Lipinski definition) is 3. The number of benzene rings is 2. The quantitative estimate of drug-likeness (QED) is 0.817. The van der Waals surface area contributed by atoms with Crippen molar-refractivity contribution in [3.63, 3.8) is 0 Å². The SMILES string of the molecule is Cc1cccc(N)c1C(=O)N1CCSc2ccccc21. The van der Waals surface area contributed by atoms with E-state index in [1.807, 2.05) is 42.2 Å². The number of amides is 1. The Bertz CT molecular complexity index is 649. The molecule has 102 valence electrons. The van der Waals surface area contributed by atoms with Crippen molar-refractivity contribution in [1.82, 2.24) is 0 Å². The molecule has 0 radical (unpaired) electrons. The fraction of sp³-hybridized carbons (Fsp3) is 0.188. The molecule has 0 aliphatic carbocycles. The fourth-order valence-corrected chi connectivity index (χ4v) is 3.49. The molecular weight excluding hydrogens is 268 g/mol. The van der Waals surface area contributed by atoms with Crippen LogP contribution in [-0.2, 0) is 0 Å². The third kappa shape index (κ3) is 2.16. The van der Waals surface area contributed by atoms with Gasteiger partial charge in [-0.3, -0.25) is 4.79 Å². The molecule has 0 saturated heterocycles. The lowest BCUT2D eigenvalue weighted by Crippen LogP contribution is -2.36. The van der Waals surface area contributed by atoms with Crippen LogP contribution in [0.4, 0.5) is 11.4 Å². The fourth-order valence-electron chi connectivity index (χ4n) is 2.50. The summed E-state index contributed by atoms with van der Waals surface area (Å²) in [7, 11) is 0. The average molecular weight is 284 g/mol. The molecular formula is C16H16N2OS. The molecule has 0 atom stereocenters. The Kier molecular flexibility index (Phi) is 3.40. The number of carbonyl (C=O) groups is 1. The van der Waals surface area contributed by atoms with Gasteiger partial charge in [-0.2, -0.15) is 0 Å². The van der Waals surface area contributed by atoms with Crippen LogP contribution in [-0.4, -0.2) is 18.2 Å². The number of para-hydroxylation sites is 1. The summed E-state index contributed by atoms with van der Waals surface area (Å²) in [5, 5.41) is 0. The maximum atomic E-state index is 12.8. The zero-order chi connectivity index (χ0) is 14.1. The Morgan fingerprint density at radius 3 is 2.80 bits per heavy atom. The van der Waals surface area contributed by atoms with Crippen molar-refractivity contribution in [2.75, 3.05) is 22.9 Å². The Morgan fingerprint density at radius 2 is 2.00 bits per heavy atom. The van der Waals surface area contributed by atoms with Gasteiger partial charge in [-0.15, -0.1) is 11.8 Å². The van der Waals surface area contributed by atoms with Gasteiger partial charge < -0.3 is 10.6 Å². The topological polar surface area (TPSA) is 46.3 Å². The molecule has 1 aliphatic heterocycles. The number of rotatable bonds is 1. The van der Waals surface area contributed by atoms with E-state index in [9.17, 15) is 4.79 Å². The Morgan fingerprint density at radius 1 is 1.20 bits per heavy atom. The molecule has 0 fully saturated rings. The lowest BCUT2D eigenvalue weighted by molar-refractivity contribution is 0.0988. The van der Waals surface area contributed by atoms with Crippen molar-refractivity contribution in [1.29, 1.82) is 0 Å². The van der Waals surface area contributed by atoms with Gasteiger partial charge in [-0.05, 0) is 30.7 Å². The molecule has 0 saturated carbocycles. The van der Waals surface area contributed by atoms with E-state index >= 15 is 0 Å². The Hall–Kier alpha value is -1.94. The molecule has 2 aromatic rings. The van der Waals surface area contributed by atoms with E-state index in [1.54, 1.807) is 17.8 Å². The first kappa shape index (κ1) is 13.1. The highest BCUT2D eigenvalue weighted by molar-refractivity contribution is 7.99. The first-order valence-electron chi connectivity index (χ1n) is 6.57. The Labute approximate surface area is 122 Å². The number of nitrogens with two attached hydrogens (primary N) is 1. The maximum absolute atomic E-state index is 12.8. The van der Waals surface area contributed by atoms with Crippen molar-refractivity contribution in [2.24, 2.45) is 0 Å². The summed E-state index contributed by atoms with van der Waals surface area (Å²) >= 11 is 1.79. The van der Waals surface area contributed by atoms with Gasteiger partial charge in [-0.25, -0.2) is 0 Å². The number of nitrogens with zero attached hydrogens (tertiary/aromatic N) is 1. The van der Waals surface area contributed by atoms with Crippen LogP contribution in [0.25, 0.3) is 0 Å². The van der Waals surface area contributed by atoms with Gasteiger partial charge in [0.25, 0.3) is 5.91 Å². The summed E-state index contributed by atoms with van der Waals surface area (Å²) in [5.41, 5.74) is 9.07. The average Bonchev–Trinajstić information content (AvgIpc) is 2.46. The van der Waals surface area contributed by atoms with Crippen LogP contribution in [0.1, 0.15) is 15.9 Å². The molecule has 2 N–H and O–H groups in total. The molecule has 1 heterocycles. The maximum Gasteiger partial charge on any atom is 0.260 e. The molecule has 1 aliphatic rings. The van der Waals surface area contributed by atoms with Gasteiger partial charge >= 0.3 is 0 Å². The monoisotopic (exact) mass is 284 g/mol. The zero-order valence-corrected chi connectivity index (χ0v) is 12.1. The van der Waals surface area contributed by atoms with Gasteiger partial charge in [0.05, 0.1) is 11.3 Å². The molecule has 3 nitrogen and oxygen atoms in total. The third-order valence-electron chi connectivity index (χ3n) is 3.49. The number of nitrogen functional groups attached to an aromatic ring is 1. The van der Waals surface area contributed by atoms with Gasteiger partial charge in [0.15, 0.2) is 0 Å². The van der Waals surface area contributed by atoms with Crippen molar-refractivity contribution in [3.05, 3.63) is 53.6 Å². The lowest BCUT2D eigenvalue weighted by Gasteiger charge is -2.29. The van der Waals surface area contributed by atoms with Crippen LogP contribution in [0.3, 0.4) is 0 Å². The largest absolute Gasteiger partial charge is 0.398 e. The molecule has 1 amide bonds. The van der Waals surface area contributed by atoms with Crippen LogP contribution in [0.15, 0.2) is 47.4 Å². The minimum Gasteiger partial charge on any atom is -0.398 e. The van der Waals surface area contributed by atoms with Gasteiger partial charge in [0.2, 0.25) is 0 Å². The normalized spacial score (nSPS) is 13.9. The molecule has 0 aromatic heterocycles. The smallest absolute Gasteiger partial charge is 0.260 e. The Balaban J connectivity index is 2.05. The number of thioether (sulfide) groups is 1. The summed E-state index contributed by atoms with van der Waals surface area (Å²) in [4.78, 5) is 15.8. The zero-order valence-electron chi connectivity index (χ0n) is 11.3. The van der Waals surface area contributed by atoms with Gasteiger partial charge in [0.1, 0.15) is 0 Å². The minimum absolute atomic E-state index is 0.00616. The van der Waals surface area contributed by atoms with Gasteiger partial charge in [-0.1, -0.05) is 24.3 Å². The molecule has 4 heteroatoms. The van der Waals surface area contributed by atoms with E-state index in [0.717, 1.165) is 21.9 Å². The van der Waals surface area contributed by atoms with Crippen LogP contribution < -0.4 is 10.6 Å². The summed E-state index contributed by atoms with van der Waals surface area (Å²) < 4.78 is 0. The third-order valence-corrected chi connectivity index (χ3v) is 4.54. The molecule has 2 aromatic carbocycles. The molecule has 0 unspecified atom stereocenters. The number of carbonyl (C=O) groups excluding carboxylic acids is 1. The van der Waals surface area contributed by atoms with E-state index in [2.05, 4.69) is 6.07 Å². The van der Waals surface area contributed by atoms with Crippen LogP contribution in [0.5, 0.6) is 0 Å². The van der Waals surface area contributed by atoms with Crippen LogP contribution in [0.2, 0.25) is 0 Å². The second kappa shape index (κ2) is 5.21. The molecule has 0 spiro atoms. The van der Waals surface area contributed by atoms with E-state index in [-0.39, 0.29) is 5.91 Å². The van der Waals surface area contributed by atoms with Crippen molar-refractivity contribution < 1.29 is 4.79 Å². The highest BCUT2D eigenvalue weighted by Crippen LogP contribution is 2.35. The summed E-state index contributed by atoms with van der Waals surface area (Å²) in [6, 6.07) is 13.6. The highest BCUT2D eigenvalue weighted by Gasteiger charge is 2.25. The second-order valence-corrected chi connectivity index (χ2v) is 5.95. The molecule has 20 heavy (non-hydrogen) atoms. The number of hydrogen-bond donors (Lipinski definition) is 1. The summed E-state index contributed by atoms with van der Waals surface area (Å²) in [6.45, 7) is 2.64. The molecule has 3 rings (SSSR count). The number of aryl methyl sites for hydroxylation is 1. The van der Waals surface area contributed by atoms with Crippen LogP contribution >= 0.6 is 11.8 Å². The van der Waals surface area contributed by atoms with Crippen molar-refractivity contribution in [2.45, 2.75) is 11.8 Å². The predicted molar refractivity (Wildman–Crippen MR) is 84.4 cm³/mol. The van der Waals surface area contributed by atoms with Crippen LogP contribution in [0, 0.1) is 6.92 Å². The minimum atomic E-state index is -0.00616. The van der Waals surface area contributed by atoms with Gasteiger partial charge in [0, 0.05) is 22.9 Å². The van der Waals surface area contributed by atoms with E-state index < -0.39 is 0 Å². The predicted octanol–water partition coefficient (Wildman–Crippen LogP) is 3.33. The molecule has 0 bridgehead atoms. The van der Waals surface area contributed by atoms with E-state index in [1.165, 1.54) is 0 Å². The lowest BCUT2D eigenvalue weighted by atomic mass is 10.0. The van der Waals surface area contributed by atoms with Crippen molar-refractivity contribution in [3.8, 4) is 0 Å². The standard InChI is InChI=1S/C16H16N2OS/c1-11-5-4-6-12(17)15(11)16(19)18-9-10-20-14-8-3-2-7-13(14)18/h2-8H,9-10,17H2,1H3. The summed E-state index contributed by atoms with van der Waals surface area (Å²) in [5.74, 6) is 0.905.